The minimum atomic E-state index is -0.738. The number of thiazole rings is 1. The Kier molecular flexibility index (Phi) is 5.84. The minimum Gasteiger partial charge on any atom is -0.379 e. The van der Waals surface area contributed by atoms with E-state index in [1.807, 2.05) is 6.92 Å². The van der Waals surface area contributed by atoms with Gasteiger partial charge in [0.1, 0.15) is 11.3 Å². The van der Waals surface area contributed by atoms with Gasteiger partial charge in [-0.1, -0.05) is 11.3 Å². The molecule has 154 valence electrons. The number of aromatic nitrogens is 3. The largest absolute Gasteiger partial charge is 0.379 e. The van der Waals surface area contributed by atoms with Gasteiger partial charge in [0.25, 0.3) is 5.91 Å². The van der Waals surface area contributed by atoms with Crippen LogP contribution in [0.3, 0.4) is 0 Å². The Labute approximate surface area is 170 Å². The van der Waals surface area contributed by atoms with Crippen molar-refractivity contribution >= 4 is 32.6 Å². The SMILES string of the molecule is CCn1ccc(C(=O)N(CCN2CCOCC2)c2nc3c(F)cc(F)cc3s2)n1. The third kappa shape index (κ3) is 4.29. The van der Waals surface area contributed by atoms with E-state index in [9.17, 15) is 13.6 Å². The third-order valence-electron chi connectivity index (χ3n) is 4.81. The first kappa shape index (κ1) is 19.9. The molecule has 7 nitrogen and oxygen atoms in total. The van der Waals surface area contributed by atoms with E-state index < -0.39 is 11.6 Å². The number of halogens is 2. The van der Waals surface area contributed by atoms with Crippen molar-refractivity contribution in [1.82, 2.24) is 19.7 Å². The van der Waals surface area contributed by atoms with Crippen LogP contribution in [0.25, 0.3) is 10.2 Å². The number of benzene rings is 1. The summed E-state index contributed by atoms with van der Waals surface area (Å²) in [5.41, 5.74) is 0.356. The summed E-state index contributed by atoms with van der Waals surface area (Å²) in [5, 5.41) is 4.62. The molecule has 0 aliphatic carbocycles. The van der Waals surface area contributed by atoms with Gasteiger partial charge in [-0.2, -0.15) is 5.10 Å². The average Bonchev–Trinajstić information content (AvgIpc) is 3.36. The number of anilines is 1. The van der Waals surface area contributed by atoms with Crippen molar-refractivity contribution in [2.45, 2.75) is 13.5 Å². The lowest BCUT2D eigenvalue weighted by Crippen LogP contribution is -2.43. The molecule has 0 N–H and O–H groups in total. The topological polar surface area (TPSA) is 63.5 Å². The van der Waals surface area contributed by atoms with E-state index in [4.69, 9.17) is 4.74 Å². The molecule has 1 aromatic carbocycles. The standard InChI is InChI=1S/C19H21F2N5O2S/c1-2-25-4-3-15(23-25)18(27)26(6-5-24-7-9-28-10-8-24)19-22-17-14(21)11-13(20)12-16(17)29-19/h3-4,11-12H,2,5-10H2,1H3. The van der Waals surface area contributed by atoms with E-state index in [2.05, 4.69) is 15.0 Å². The highest BCUT2D eigenvalue weighted by Gasteiger charge is 2.25. The van der Waals surface area contributed by atoms with Crippen molar-refractivity contribution in [3.05, 3.63) is 41.7 Å². The maximum Gasteiger partial charge on any atom is 0.280 e. The Balaban J connectivity index is 1.65. The number of rotatable bonds is 6. The van der Waals surface area contributed by atoms with Crippen LogP contribution in [0, 0.1) is 11.6 Å². The summed E-state index contributed by atoms with van der Waals surface area (Å²) < 4.78 is 35.1. The van der Waals surface area contributed by atoms with E-state index in [-0.39, 0.29) is 11.4 Å². The lowest BCUT2D eigenvalue weighted by Gasteiger charge is -2.29. The van der Waals surface area contributed by atoms with E-state index in [1.54, 1.807) is 16.9 Å². The van der Waals surface area contributed by atoms with Crippen molar-refractivity contribution in [3.63, 3.8) is 0 Å². The number of hydrogen-bond acceptors (Lipinski definition) is 6. The van der Waals surface area contributed by atoms with Crippen LogP contribution in [-0.2, 0) is 11.3 Å². The Morgan fingerprint density at radius 3 is 2.83 bits per heavy atom. The van der Waals surface area contributed by atoms with Crippen molar-refractivity contribution < 1.29 is 18.3 Å². The molecule has 0 spiro atoms. The lowest BCUT2D eigenvalue weighted by molar-refractivity contribution is 0.0391. The number of amides is 1. The quantitative estimate of drug-likeness (QED) is 0.613. The highest BCUT2D eigenvalue weighted by Crippen LogP contribution is 2.31. The van der Waals surface area contributed by atoms with Gasteiger partial charge in [-0.3, -0.25) is 19.3 Å². The van der Waals surface area contributed by atoms with Crippen molar-refractivity contribution in [2.75, 3.05) is 44.3 Å². The average molecular weight is 421 g/mol. The number of fused-ring (bicyclic) bond motifs is 1. The van der Waals surface area contributed by atoms with Crippen LogP contribution in [0.15, 0.2) is 24.4 Å². The second kappa shape index (κ2) is 8.52. The molecule has 0 saturated carbocycles. The van der Waals surface area contributed by atoms with Crippen LogP contribution >= 0.6 is 11.3 Å². The first-order valence-corrected chi connectivity index (χ1v) is 10.3. The number of ether oxygens (including phenoxy) is 1. The molecule has 1 amide bonds. The first-order valence-electron chi connectivity index (χ1n) is 9.46. The van der Waals surface area contributed by atoms with Crippen LogP contribution in [0.1, 0.15) is 17.4 Å². The molecule has 2 aromatic heterocycles. The maximum atomic E-state index is 14.1. The summed E-state index contributed by atoms with van der Waals surface area (Å²) in [6.45, 7) is 6.44. The molecule has 4 rings (SSSR count). The molecular weight excluding hydrogens is 400 g/mol. The van der Waals surface area contributed by atoms with E-state index in [0.717, 1.165) is 30.5 Å². The fraction of sp³-hybridized carbons (Fsp3) is 0.421. The molecule has 1 aliphatic rings. The zero-order valence-electron chi connectivity index (χ0n) is 16.0. The molecule has 3 aromatic rings. The van der Waals surface area contributed by atoms with Gasteiger partial charge in [0, 0.05) is 45.0 Å². The molecule has 0 bridgehead atoms. The summed E-state index contributed by atoms with van der Waals surface area (Å²) in [6, 6.07) is 3.69. The molecule has 10 heteroatoms. The van der Waals surface area contributed by atoms with Crippen LogP contribution in [-0.4, -0.2) is 65.0 Å². The normalized spacial score (nSPS) is 15.1. The Morgan fingerprint density at radius 1 is 1.31 bits per heavy atom. The molecular formula is C19H21F2N5O2S. The molecule has 29 heavy (non-hydrogen) atoms. The van der Waals surface area contributed by atoms with Gasteiger partial charge in [0.15, 0.2) is 16.6 Å². The van der Waals surface area contributed by atoms with Gasteiger partial charge in [-0.25, -0.2) is 13.8 Å². The summed E-state index contributed by atoms with van der Waals surface area (Å²) in [4.78, 5) is 21.2. The fourth-order valence-corrected chi connectivity index (χ4v) is 4.23. The predicted octanol–water partition coefficient (Wildman–Crippen LogP) is 2.77. The van der Waals surface area contributed by atoms with Gasteiger partial charge in [0.2, 0.25) is 0 Å². The van der Waals surface area contributed by atoms with E-state index >= 15 is 0 Å². The zero-order valence-corrected chi connectivity index (χ0v) is 16.8. The third-order valence-corrected chi connectivity index (χ3v) is 5.83. The van der Waals surface area contributed by atoms with Crippen LogP contribution < -0.4 is 4.90 Å². The highest BCUT2D eigenvalue weighted by atomic mass is 32.1. The van der Waals surface area contributed by atoms with Gasteiger partial charge in [-0.05, 0) is 19.1 Å². The minimum absolute atomic E-state index is 0.0645. The number of aryl methyl sites for hydroxylation is 1. The van der Waals surface area contributed by atoms with Gasteiger partial charge < -0.3 is 4.74 Å². The molecule has 3 heterocycles. The van der Waals surface area contributed by atoms with Crippen LogP contribution in [0.2, 0.25) is 0 Å². The van der Waals surface area contributed by atoms with Gasteiger partial charge >= 0.3 is 0 Å². The number of nitrogens with zero attached hydrogens (tertiary/aromatic N) is 5. The Hall–Kier alpha value is -2.43. The second-order valence-electron chi connectivity index (χ2n) is 6.70. The highest BCUT2D eigenvalue weighted by molar-refractivity contribution is 7.22. The monoisotopic (exact) mass is 421 g/mol. The number of hydrogen-bond donors (Lipinski definition) is 0. The summed E-state index contributed by atoms with van der Waals surface area (Å²) in [7, 11) is 0. The molecule has 0 unspecified atom stereocenters. The Morgan fingerprint density at radius 2 is 2.10 bits per heavy atom. The van der Waals surface area contributed by atoms with E-state index in [0.29, 0.717) is 48.4 Å². The summed E-state index contributed by atoms with van der Waals surface area (Å²) in [5.74, 6) is -1.72. The fourth-order valence-electron chi connectivity index (χ4n) is 3.20. The molecule has 0 atom stereocenters. The molecule has 1 aliphatic heterocycles. The van der Waals surface area contributed by atoms with Gasteiger partial charge in [-0.15, -0.1) is 0 Å². The Bertz CT molecular complexity index is 1020. The summed E-state index contributed by atoms with van der Waals surface area (Å²) in [6.07, 6.45) is 1.74. The second-order valence-corrected chi connectivity index (χ2v) is 7.71. The van der Waals surface area contributed by atoms with Crippen molar-refractivity contribution in [1.29, 1.82) is 0 Å². The van der Waals surface area contributed by atoms with Gasteiger partial charge in [0.05, 0.1) is 17.9 Å². The predicted molar refractivity (Wildman–Crippen MR) is 106 cm³/mol. The van der Waals surface area contributed by atoms with Crippen LogP contribution in [0.5, 0.6) is 0 Å². The lowest BCUT2D eigenvalue weighted by atomic mass is 10.3. The first-order chi connectivity index (χ1) is 14.0. The molecule has 0 radical (unpaired) electrons. The number of carbonyl (C=O) groups excluding carboxylic acids is 1. The smallest absolute Gasteiger partial charge is 0.280 e. The zero-order chi connectivity index (χ0) is 20.4. The number of carbonyl (C=O) groups is 1. The number of morpholine rings is 1. The summed E-state index contributed by atoms with van der Waals surface area (Å²) >= 11 is 1.09. The molecule has 1 fully saturated rings. The van der Waals surface area contributed by atoms with E-state index in [1.165, 1.54) is 11.0 Å². The van der Waals surface area contributed by atoms with Crippen LogP contribution in [0.4, 0.5) is 13.9 Å². The molecule has 1 saturated heterocycles. The van der Waals surface area contributed by atoms with Crippen molar-refractivity contribution in [2.24, 2.45) is 0 Å². The van der Waals surface area contributed by atoms with Crippen molar-refractivity contribution in [3.8, 4) is 0 Å². The maximum absolute atomic E-state index is 14.1.